The molecule has 1 aromatic carbocycles. The quantitative estimate of drug-likeness (QED) is 0.886. The first-order valence-electron chi connectivity index (χ1n) is 7.16. The zero-order chi connectivity index (χ0) is 15.6. The fraction of sp³-hybridized carbons (Fsp3) is 0.438. The van der Waals surface area contributed by atoms with Gasteiger partial charge in [-0.05, 0) is 43.5 Å². The van der Waals surface area contributed by atoms with Gasteiger partial charge in [-0.2, -0.15) is 5.10 Å². The summed E-state index contributed by atoms with van der Waals surface area (Å²) in [5.41, 5.74) is 3.62. The highest BCUT2D eigenvalue weighted by Gasteiger charge is 2.19. The maximum Gasteiger partial charge on any atom is 0.0851 e. The maximum absolute atomic E-state index is 10.5. The lowest BCUT2D eigenvalue weighted by molar-refractivity contribution is 0.174. The van der Waals surface area contributed by atoms with Crippen LogP contribution in [-0.2, 0) is 19.4 Å². The van der Waals surface area contributed by atoms with Crippen LogP contribution < -0.4 is 0 Å². The number of aromatic nitrogens is 2. The van der Waals surface area contributed by atoms with E-state index in [0.29, 0.717) is 16.5 Å². The SMILES string of the molecule is CCc1nn(CC)c(CC(O)c2ccc(Cl)cc2C)c1Cl. The van der Waals surface area contributed by atoms with Gasteiger partial charge >= 0.3 is 0 Å². The zero-order valence-corrected chi connectivity index (χ0v) is 14.0. The highest BCUT2D eigenvalue weighted by molar-refractivity contribution is 6.32. The monoisotopic (exact) mass is 326 g/mol. The van der Waals surface area contributed by atoms with Crippen molar-refractivity contribution >= 4 is 23.2 Å². The molecule has 21 heavy (non-hydrogen) atoms. The predicted molar refractivity (Wildman–Crippen MR) is 87.1 cm³/mol. The first-order valence-corrected chi connectivity index (χ1v) is 7.91. The highest BCUT2D eigenvalue weighted by Crippen LogP contribution is 2.29. The molecule has 0 aliphatic rings. The summed E-state index contributed by atoms with van der Waals surface area (Å²) >= 11 is 12.3. The van der Waals surface area contributed by atoms with Crippen molar-refractivity contribution in [2.45, 2.75) is 46.3 Å². The Balaban J connectivity index is 2.31. The van der Waals surface area contributed by atoms with E-state index < -0.39 is 6.10 Å². The van der Waals surface area contributed by atoms with Crippen LogP contribution in [0.3, 0.4) is 0 Å². The standard InChI is InChI=1S/C16H20Cl2N2O/c1-4-13-16(18)14(20(5-2)19-13)9-15(21)12-7-6-11(17)8-10(12)3/h6-8,15,21H,4-5,9H2,1-3H3. The maximum atomic E-state index is 10.5. The number of aryl methyl sites for hydroxylation is 3. The molecule has 1 unspecified atom stereocenters. The number of nitrogens with zero attached hydrogens (tertiary/aromatic N) is 2. The van der Waals surface area contributed by atoms with E-state index in [2.05, 4.69) is 5.10 Å². The van der Waals surface area contributed by atoms with Crippen molar-refractivity contribution < 1.29 is 5.11 Å². The minimum absolute atomic E-state index is 0.447. The lowest BCUT2D eigenvalue weighted by atomic mass is 10.00. The van der Waals surface area contributed by atoms with Crippen molar-refractivity contribution in [2.24, 2.45) is 0 Å². The summed E-state index contributed by atoms with van der Waals surface area (Å²) in [6.45, 7) is 6.73. The normalized spacial score (nSPS) is 12.7. The summed E-state index contributed by atoms with van der Waals surface area (Å²) in [5.74, 6) is 0. The molecule has 2 aromatic rings. The number of aliphatic hydroxyl groups excluding tert-OH is 1. The smallest absolute Gasteiger partial charge is 0.0851 e. The van der Waals surface area contributed by atoms with Crippen LogP contribution in [0.25, 0.3) is 0 Å². The minimum atomic E-state index is -0.619. The molecule has 1 heterocycles. The van der Waals surface area contributed by atoms with E-state index >= 15 is 0 Å². The summed E-state index contributed by atoms with van der Waals surface area (Å²) in [6, 6.07) is 5.52. The number of aliphatic hydroxyl groups is 1. The van der Waals surface area contributed by atoms with E-state index in [1.807, 2.05) is 37.6 Å². The van der Waals surface area contributed by atoms with Crippen LogP contribution in [0.4, 0.5) is 0 Å². The summed E-state index contributed by atoms with van der Waals surface area (Å²) in [6.07, 6.45) is 0.614. The topological polar surface area (TPSA) is 38.0 Å². The summed E-state index contributed by atoms with van der Waals surface area (Å²) < 4.78 is 1.87. The number of halogens is 2. The lowest BCUT2D eigenvalue weighted by Gasteiger charge is -2.15. The van der Waals surface area contributed by atoms with Gasteiger partial charge in [-0.3, -0.25) is 4.68 Å². The summed E-state index contributed by atoms with van der Waals surface area (Å²) in [5, 5.41) is 16.4. The molecule has 1 atom stereocenters. The average Bonchev–Trinajstić information content (AvgIpc) is 2.75. The molecule has 0 amide bonds. The number of benzene rings is 1. The molecular formula is C16H20Cl2N2O. The summed E-state index contributed by atoms with van der Waals surface area (Å²) in [7, 11) is 0. The minimum Gasteiger partial charge on any atom is -0.388 e. The molecule has 0 aliphatic heterocycles. The largest absolute Gasteiger partial charge is 0.388 e. The molecule has 0 radical (unpaired) electrons. The van der Waals surface area contributed by atoms with Gasteiger partial charge in [-0.15, -0.1) is 0 Å². The molecule has 3 nitrogen and oxygen atoms in total. The van der Waals surface area contributed by atoms with E-state index in [0.717, 1.165) is 35.5 Å². The first kappa shape index (κ1) is 16.3. The Kier molecular flexibility index (Phi) is 5.31. The third-order valence-electron chi connectivity index (χ3n) is 3.67. The Morgan fingerprint density at radius 2 is 2.00 bits per heavy atom. The zero-order valence-electron chi connectivity index (χ0n) is 12.5. The van der Waals surface area contributed by atoms with E-state index in [1.54, 1.807) is 6.07 Å². The Morgan fingerprint density at radius 3 is 2.57 bits per heavy atom. The van der Waals surface area contributed by atoms with Crippen LogP contribution in [0, 0.1) is 6.92 Å². The molecule has 0 bridgehead atoms. The second kappa shape index (κ2) is 6.82. The number of hydrogen-bond acceptors (Lipinski definition) is 2. The molecule has 0 saturated heterocycles. The molecular weight excluding hydrogens is 307 g/mol. The lowest BCUT2D eigenvalue weighted by Crippen LogP contribution is -2.09. The molecule has 1 aromatic heterocycles. The molecule has 1 N–H and O–H groups in total. The fourth-order valence-corrected chi connectivity index (χ4v) is 3.09. The highest BCUT2D eigenvalue weighted by atomic mass is 35.5. The van der Waals surface area contributed by atoms with Gasteiger partial charge in [0.05, 0.1) is 22.5 Å². The van der Waals surface area contributed by atoms with Crippen LogP contribution >= 0.6 is 23.2 Å². The molecule has 0 aliphatic carbocycles. The molecule has 0 spiro atoms. The molecule has 0 saturated carbocycles. The Bertz CT molecular complexity index is 637. The van der Waals surface area contributed by atoms with Crippen LogP contribution in [-0.4, -0.2) is 14.9 Å². The third-order valence-corrected chi connectivity index (χ3v) is 4.34. The molecule has 2 rings (SSSR count). The van der Waals surface area contributed by atoms with Crippen molar-refractivity contribution in [1.29, 1.82) is 0 Å². The van der Waals surface area contributed by atoms with E-state index in [4.69, 9.17) is 23.2 Å². The van der Waals surface area contributed by atoms with Crippen molar-refractivity contribution in [2.75, 3.05) is 0 Å². The van der Waals surface area contributed by atoms with E-state index in [9.17, 15) is 5.11 Å². The van der Waals surface area contributed by atoms with Crippen LogP contribution in [0.5, 0.6) is 0 Å². The van der Waals surface area contributed by atoms with Gasteiger partial charge in [0, 0.05) is 18.0 Å². The van der Waals surface area contributed by atoms with E-state index in [1.165, 1.54) is 0 Å². The second-order valence-corrected chi connectivity index (χ2v) is 5.91. The van der Waals surface area contributed by atoms with Crippen molar-refractivity contribution in [3.05, 3.63) is 50.8 Å². The Labute approximate surface area is 135 Å². The molecule has 114 valence electrons. The van der Waals surface area contributed by atoms with Crippen LogP contribution in [0.1, 0.15) is 42.5 Å². The Morgan fingerprint density at radius 1 is 1.29 bits per heavy atom. The van der Waals surface area contributed by atoms with Crippen LogP contribution in [0.2, 0.25) is 10.0 Å². The van der Waals surface area contributed by atoms with Gasteiger partial charge in [-0.25, -0.2) is 0 Å². The van der Waals surface area contributed by atoms with Gasteiger partial charge in [-0.1, -0.05) is 36.2 Å². The average molecular weight is 327 g/mol. The Hall–Kier alpha value is -1.03. The second-order valence-electron chi connectivity index (χ2n) is 5.10. The summed E-state index contributed by atoms with van der Waals surface area (Å²) in [4.78, 5) is 0. The number of hydrogen-bond donors (Lipinski definition) is 1. The molecule has 5 heteroatoms. The van der Waals surface area contributed by atoms with Gasteiger partial charge in [0.25, 0.3) is 0 Å². The number of rotatable bonds is 5. The van der Waals surface area contributed by atoms with Crippen LogP contribution in [0.15, 0.2) is 18.2 Å². The van der Waals surface area contributed by atoms with Crippen molar-refractivity contribution in [1.82, 2.24) is 9.78 Å². The van der Waals surface area contributed by atoms with Crippen molar-refractivity contribution in [3.8, 4) is 0 Å². The first-order chi connectivity index (χ1) is 9.97. The molecule has 0 fully saturated rings. The van der Waals surface area contributed by atoms with Gasteiger partial charge in [0.2, 0.25) is 0 Å². The predicted octanol–water partition coefficient (Wildman–Crippen LogP) is 4.36. The van der Waals surface area contributed by atoms with Gasteiger partial charge in [0.1, 0.15) is 0 Å². The van der Waals surface area contributed by atoms with Gasteiger partial charge in [0.15, 0.2) is 0 Å². The van der Waals surface area contributed by atoms with E-state index in [-0.39, 0.29) is 0 Å². The van der Waals surface area contributed by atoms with Gasteiger partial charge < -0.3 is 5.11 Å². The van der Waals surface area contributed by atoms with Crippen molar-refractivity contribution in [3.63, 3.8) is 0 Å². The fourth-order valence-electron chi connectivity index (χ4n) is 2.52. The third kappa shape index (κ3) is 3.42.